The Morgan fingerprint density at radius 2 is 1.50 bits per heavy atom. The van der Waals surface area contributed by atoms with Gasteiger partial charge >= 0.3 is 5.97 Å². The topological polar surface area (TPSA) is 98.7 Å². The Labute approximate surface area is 156 Å². The highest BCUT2D eigenvalue weighted by Crippen LogP contribution is 2.31. The Morgan fingerprint density at radius 1 is 1.00 bits per heavy atom. The van der Waals surface area contributed by atoms with Gasteiger partial charge in [0, 0.05) is 0 Å². The van der Waals surface area contributed by atoms with Gasteiger partial charge in [-0.3, -0.25) is 0 Å². The zero-order chi connectivity index (χ0) is 17.3. The van der Waals surface area contributed by atoms with Crippen molar-refractivity contribution < 1.29 is 9.90 Å². The summed E-state index contributed by atoms with van der Waals surface area (Å²) in [7, 11) is 0. The predicted octanol–water partition coefficient (Wildman–Crippen LogP) is 3.14. The predicted molar refractivity (Wildman–Crippen MR) is 90.2 cm³/mol. The highest BCUT2D eigenvalue weighted by molar-refractivity contribution is 9.10. The van der Waals surface area contributed by atoms with Gasteiger partial charge in [0.25, 0.3) is 0 Å². The molecule has 130 valence electrons. The molecule has 0 unspecified atom stereocenters. The summed E-state index contributed by atoms with van der Waals surface area (Å²) in [6.45, 7) is 1.58. The second-order valence-corrected chi connectivity index (χ2v) is 7.39. The van der Waals surface area contributed by atoms with Crippen molar-refractivity contribution in [1.82, 2.24) is 30.0 Å². The van der Waals surface area contributed by atoms with Gasteiger partial charge in [-0.2, -0.15) is 9.59 Å². The molecule has 2 aromatic heterocycles. The van der Waals surface area contributed by atoms with Gasteiger partial charge in [-0.25, -0.2) is 4.79 Å². The van der Waals surface area contributed by atoms with E-state index in [1.54, 1.807) is 4.80 Å². The molecule has 0 radical (unpaired) electrons. The molecule has 4 rings (SSSR count). The summed E-state index contributed by atoms with van der Waals surface area (Å²) < 4.78 is 0.639. The number of carbonyl (C=O) groups is 1. The molecule has 8 nitrogen and oxygen atoms in total. The Kier molecular flexibility index (Phi) is 5.41. The average Bonchev–Trinajstić information content (AvgIpc) is 3.40. The van der Waals surface area contributed by atoms with Crippen molar-refractivity contribution in [2.24, 2.45) is 11.8 Å². The van der Waals surface area contributed by atoms with Gasteiger partial charge in [-0.05, 0) is 53.4 Å². The highest BCUT2D eigenvalue weighted by Gasteiger charge is 2.24. The molecule has 0 bridgehead atoms. The first-order valence-corrected chi connectivity index (χ1v) is 9.07. The van der Waals surface area contributed by atoms with Crippen LogP contribution in [0.2, 0.25) is 10.3 Å². The lowest BCUT2D eigenvalue weighted by Crippen LogP contribution is -2.05. The van der Waals surface area contributed by atoms with E-state index in [1.165, 1.54) is 30.5 Å². The fourth-order valence-electron chi connectivity index (χ4n) is 1.99. The summed E-state index contributed by atoms with van der Waals surface area (Å²) in [6.07, 6.45) is 4.94. The molecule has 0 atom stereocenters. The first-order valence-electron chi connectivity index (χ1n) is 7.52. The molecule has 2 aliphatic rings. The van der Waals surface area contributed by atoms with Crippen LogP contribution in [0.15, 0.2) is 4.60 Å². The molecule has 2 aliphatic carbocycles. The Bertz CT molecular complexity index is 721. The smallest absolute Gasteiger partial charge is 0.359 e. The molecule has 2 saturated carbocycles. The minimum absolute atomic E-state index is 0.0341. The van der Waals surface area contributed by atoms with Crippen molar-refractivity contribution in [1.29, 1.82) is 0 Å². The monoisotopic (exact) mass is 436 g/mol. The van der Waals surface area contributed by atoms with E-state index < -0.39 is 5.97 Å². The van der Waals surface area contributed by atoms with Crippen LogP contribution in [-0.4, -0.2) is 41.1 Å². The van der Waals surface area contributed by atoms with Crippen LogP contribution in [0.3, 0.4) is 0 Å². The van der Waals surface area contributed by atoms with Gasteiger partial charge < -0.3 is 5.11 Å². The van der Waals surface area contributed by atoms with Crippen molar-refractivity contribution >= 4 is 45.1 Å². The molecule has 2 heterocycles. The number of hydrogen-bond donors (Lipinski definition) is 1. The minimum atomic E-state index is -1.13. The summed E-state index contributed by atoms with van der Waals surface area (Å²) in [4.78, 5) is 13.6. The zero-order valence-electron chi connectivity index (χ0n) is 12.6. The second-order valence-electron chi connectivity index (χ2n) is 5.92. The van der Waals surface area contributed by atoms with E-state index in [1.807, 2.05) is 0 Å². The molecule has 0 saturated heterocycles. The molecular weight excluding hydrogens is 423 g/mol. The number of hydrogen-bond acceptors (Lipinski definition) is 5. The number of carboxylic acids is 1. The quantitative estimate of drug-likeness (QED) is 0.771. The Morgan fingerprint density at radius 3 is 1.88 bits per heavy atom. The molecular formula is C13H15BrCl2N6O2. The molecule has 0 amide bonds. The van der Waals surface area contributed by atoms with Gasteiger partial charge in [-0.1, -0.05) is 23.2 Å². The first-order chi connectivity index (χ1) is 11.4. The van der Waals surface area contributed by atoms with Crippen LogP contribution in [0.5, 0.6) is 0 Å². The number of nitrogens with zero attached hydrogens (tertiary/aromatic N) is 6. The lowest BCUT2D eigenvalue weighted by molar-refractivity contribution is 0.0689. The third kappa shape index (κ3) is 4.90. The third-order valence-corrected chi connectivity index (χ3v) is 4.90. The lowest BCUT2D eigenvalue weighted by Gasteiger charge is -1.93. The second kappa shape index (κ2) is 7.37. The minimum Gasteiger partial charge on any atom is -0.476 e. The maximum absolute atomic E-state index is 10.5. The fourth-order valence-corrected chi connectivity index (χ4v) is 2.59. The number of carboxylic acid groups (broad SMARTS) is 1. The first kappa shape index (κ1) is 17.6. The molecule has 0 spiro atoms. The third-order valence-electron chi connectivity index (χ3n) is 3.63. The van der Waals surface area contributed by atoms with Crippen LogP contribution < -0.4 is 0 Å². The van der Waals surface area contributed by atoms with Crippen LogP contribution in [0.25, 0.3) is 0 Å². The van der Waals surface area contributed by atoms with Crippen molar-refractivity contribution in [3.05, 3.63) is 20.6 Å². The van der Waals surface area contributed by atoms with Gasteiger partial charge in [0.05, 0.1) is 13.1 Å². The van der Waals surface area contributed by atoms with Gasteiger partial charge in [0.15, 0.2) is 14.9 Å². The van der Waals surface area contributed by atoms with E-state index in [0.717, 1.165) is 12.5 Å². The largest absolute Gasteiger partial charge is 0.476 e. The molecule has 2 fully saturated rings. The molecule has 2 aromatic rings. The van der Waals surface area contributed by atoms with E-state index in [-0.39, 0.29) is 10.8 Å². The van der Waals surface area contributed by atoms with Crippen LogP contribution in [0.4, 0.5) is 0 Å². The molecule has 1 N–H and O–H groups in total. The number of aromatic carboxylic acids is 1. The van der Waals surface area contributed by atoms with Gasteiger partial charge in [0.1, 0.15) is 0 Å². The number of halogens is 3. The standard InChI is InChI=1S/C7H8ClN3O2.C6H7BrClN3/c8-6-5(7(12)13)9-11(10-6)3-4-1-2-4;7-5-6(8)10-11(9-5)3-4-1-2-4/h4H,1-3H2,(H,12,13);4H,1-3H2. The van der Waals surface area contributed by atoms with E-state index in [4.69, 9.17) is 28.3 Å². The van der Waals surface area contributed by atoms with E-state index in [9.17, 15) is 4.79 Å². The zero-order valence-corrected chi connectivity index (χ0v) is 15.7. The van der Waals surface area contributed by atoms with Gasteiger partial charge in [0.2, 0.25) is 5.69 Å². The fraction of sp³-hybridized carbons (Fsp3) is 0.615. The maximum atomic E-state index is 10.5. The summed E-state index contributed by atoms with van der Waals surface area (Å²) in [5.41, 5.74) is -0.165. The average molecular weight is 438 g/mol. The lowest BCUT2D eigenvalue weighted by atomic mass is 10.4. The number of rotatable bonds is 5. The van der Waals surface area contributed by atoms with E-state index >= 15 is 0 Å². The van der Waals surface area contributed by atoms with Crippen LogP contribution in [-0.2, 0) is 13.1 Å². The summed E-state index contributed by atoms with van der Waals surface area (Å²) in [6, 6.07) is 0. The molecule has 24 heavy (non-hydrogen) atoms. The SMILES string of the molecule is Clc1nn(CC2CC2)nc1Br.O=C(O)c1nn(CC2CC2)nc1Cl. The van der Waals surface area contributed by atoms with Crippen molar-refractivity contribution in [2.75, 3.05) is 0 Å². The maximum Gasteiger partial charge on any atom is 0.359 e. The van der Waals surface area contributed by atoms with Crippen molar-refractivity contribution in [2.45, 2.75) is 38.8 Å². The van der Waals surface area contributed by atoms with E-state index in [0.29, 0.717) is 22.2 Å². The number of aromatic nitrogens is 6. The highest BCUT2D eigenvalue weighted by atomic mass is 79.9. The van der Waals surface area contributed by atoms with Crippen LogP contribution in [0, 0.1) is 11.8 Å². The summed E-state index contributed by atoms with van der Waals surface area (Å²) in [5.74, 6) is 0.252. The van der Waals surface area contributed by atoms with E-state index in [2.05, 4.69) is 36.3 Å². The van der Waals surface area contributed by atoms with Gasteiger partial charge in [-0.15, -0.1) is 20.4 Å². The summed E-state index contributed by atoms with van der Waals surface area (Å²) >= 11 is 14.5. The Hall–Kier alpha value is -1.19. The Balaban J connectivity index is 0.000000143. The van der Waals surface area contributed by atoms with Crippen molar-refractivity contribution in [3.63, 3.8) is 0 Å². The summed E-state index contributed by atoms with van der Waals surface area (Å²) in [5, 5.41) is 24.7. The van der Waals surface area contributed by atoms with Crippen LogP contribution in [0.1, 0.15) is 36.2 Å². The van der Waals surface area contributed by atoms with Crippen LogP contribution >= 0.6 is 39.1 Å². The molecule has 0 aliphatic heterocycles. The molecule has 11 heteroatoms. The van der Waals surface area contributed by atoms with Crippen molar-refractivity contribution in [3.8, 4) is 0 Å². The normalized spacial score (nSPS) is 16.6. The molecule has 0 aromatic carbocycles.